The summed E-state index contributed by atoms with van der Waals surface area (Å²) in [6.07, 6.45) is 6.20. The highest BCUT2D eigenvalue weighted by Crippen LogP contribution is 2.26. The second-order valence-corrected chi connectivity index (χ2v) is 7.97. The number of amides is 1. The van der Waals surface area contributed by atoms with E-state index in [4.69, 9.17) is 0 Å². The first-order valence-corrected chi connectivity index (χ1v) is 9.89. The minimum absolute atomic E-state index is 0.262. The number of nitrogens with zero attached hydrogens (tertiary/aromatic N) is 2. The Balaban J connectivity index is 1.48. The molecule has 1 aromatic carbocycles. The Morgan fingerprint density at radius 3 is 2.86 bits per heavy atom. The van der Waals surface area contributed by atoms with E-state index < -0.39 is 0 Å². The summed E-state index contributed by atoms with van der Waals surface area (Å²) in [7, 11) is 1.97. The molecule has 3 rings (SSSR count). The molecule has 1 aliphatic rings. The van der Waals surface area contributed by atoms with Gasteiger partial charge in [0.2, 0.25) is 5.91 Å². The fourth-order valence-electron chi connectivity index (χ4n) is 2.98. The average molecular weight is 335 g/mol. The third-order valence-corrected chi connectivity index (χ3v) is 6.45. The molecule has 0 aliphatic heterocycles. The molecule has 0 unspecified atom stereocenters. The highest BCUT2D eigenvalue weighted by Gasteiger charge is 2.21. The van der Waals surface area contributed by atoms with Gasteiger partial charge in [0.25, 0.3) is 0 Å². The van der Waals surface area contributed by atoms with Crippen LogP contribution in [0.1, 0.15) is 37.1 Å². The third kappa shape index (κ3) is 3.82. The van der Waals surface area contributed by atoms with Crippen molar-refractivity contribution in [3.8, 4) is 0 Å². The highest BCUT2D eigenvalue weighted by molar-refractivity contribution is 7.99. The first-order chi connectivity index (χ1) is 10.7. The van der Waals surface area contributed by atoms with Crippen LogP contribution in [0.4, 0.5) is 0 Å². The van der Waals surface area contributed by atoms with Crippen molar-refractivity contribution in [3.63, 3.8) is 0 Å². The van der Waals surface area contributed by atoms with E-state index >= 15 is 0 Å². The van der Waals surface area contributed by atoms with Crippen molar-refractivity contribution >= 4 is 39.2 Å². The minimum Gasteiger partial charge on any atom is -0.342 e. The number of fused-ring (bicyclic) bond motifs is 1. The van der Waals surface area contributed by atoms with Crippen LogP contribution in [-0.4, -0.2) is 34.6 Å². The molecule has 1 amide bonds. The van der Waals surface area contributed by atoms with Gasteiger partial charge in [-0.1, -0.05) is 31.4 Å². The summed E-state index contributed by atoms with van der Waals surface area (Å²) in [5.41, 5.74) is 1.06. The zero-order valence-corrected chi connectivity index (χ0v) is 14.6. The first-order valence-electron chi connectivity index (χ1n) is 7.92. The predicted molar refractivity (Wildman–Crippen MR) is 95.4 cm³/mol. The van der Waals surface area contributed by atoms with E-state index in [1.54, 1.807) is 23.1 Å². The summed E-state index contributed by atoms with van der Waals surface area (Å²) < 4.78 is 1.23. The monoisotopic (exact) mass is 334 g/mol. The van der Waals surface area contributed by atoms with Crippen molar-refractivity contribution in [2.45, 2.75) is 43.9 Å². The van der Waals surface area contributed by atoms with E-state index in [0.717, 1.165) is 16.3 Å². The molecule has 1 saturated carbocycles. The first kappa shape index (κ1) is 15.8. The molecule has 2 aromatic rings. The lowest BCUT2D eigenvalue weighted by Gasteiger charge is -2.31. The fraction of sp³-hybridized carbons (Fsp3) is 0.529. The van der Waals surface area contributed by atoms with Gasteiger partial charge in [-0.3, -0.25) is 4.79 Å². The summed E-state index contributed by atoms with van der Waals surface area (Å²) in [6, 6.07) is 8.66. The van der Waals surface area contributed by atoms with Crippen LogP contribution in [0.3, 0.4) is 0 Å². The van der Waals surface area contributed by atoms with Crippen LogP contribution in [-0.2, 0) is 10.5 Å². The molecule has 3 nitrogen and oxygen atoms in total. The number of carbonyl (C=O) groups is 1. The zero-order valence-electron chi connectivity index (χ0n) is 13.0. The summed E-state index contributed by atoms with van der Waals surface area (Å²) in [6.45, 7) is 0. The molecule has 0 bridgehead atoms. The van der Waals surface area contributed by atoms with Crippen LogP contribution < -0.4 is 0 Å². The Bertz CT molecular complexity index is 601. The van der Waals surface area contributed by atoms with Crippen LogP contribution in [0, 0.1) is 0 Å². The number of rotatable bonds is 5. The van der Waals surface area contributed by atoms with Crippen LogP contribution >= 0.6 is 23.1 Å². The summed E-state index contributed by atoms with van der Waals surface area (Å²) in [5.74, 6) is 1.64. The molecule has 1 aromatic heterocycles. The van der Waals surface area contributed by atoms with Gasteiger partial charge in [0.05, 0.1) is 16.0 Å². The van der Waals surface area contributed by atoms with E-state index in [-0.39, 0.29) is 5.91 Å². The lowest BCUT2D eigenvalue weighted by Crippen LogP contribution is -2.39. The molecule has 0 atom stereocenters. The smallest absolute Gasteiger partial charge is 0.232 e. The van der Waals surface area contributed by atoms with Crippen molar-refractivity contribution in [2.24, 2.45) is 0 Å². The van der Waals surface area contributed by atoms with Gasteiger partial charge in [-0.2, -0.15) is 0 Å². The molecule has 1 fully saturated rings. The Morgan fingerprint density at radius 2 is 2.09 bits per heavy atom. The molecule has 0 saturated heterocycles. The number of hydrogen-bond donors (Lipinski definition) is 0. The molecule has 0 radical (unpaired) electrons. The maximum atomic E-state index is 12.3. The van der Waals surface area contributed by atoms with Crippen molar-refractivity contribution in [3.05, 3.63) is 29.3 Å². The lowest BCUT2D eigenvalue weighted by atomic mass is 9.94. The predicted octanol–water partition coefficient (Wildman–Crippen LogP) is 4.32. The molecule has 0 N–H and O–H groups in total. The topological polar surface area (TPSA) is 33.2 Å². The minimum atomic E-state index is 0.262. The second-order valence-electron chi connectivity index (χ2n) is 5.86. The molecule has 118 valence electrons. The zero-order chi connectivity index (χ0) is 15.4. The van der Waals surface area contributed by atoms with Gasteiger partial charge in [-0.15, -0.1) is 23.1 Å². The Labute approximate surface area is 140 Å². The normalized spacial score (nSPS) is 16.0. The summed E-state index contributed by atoms with van der Waals surface area (Å²) in [5, 5.41) is 1.11. The summed E-state index contributed by atoms with van der Waals surface area (Å²) >= 11 is 3.41. The Hall–Kier alpha value is -1.07. The molecular weight excluding hydrogens is 312 g/mol. The van der Waals surface area contributed by atoms with Crippen molar-refractivity contribution < 1.29 is 4.79 Å². The van der Waals surface area contributed by atoms with Crippen molar-refractivity contribution in [1.29, 1.82) is 0 Å². The molecule has 5 heteroatoms. The molecular formula is C17H22N2OS2. The van der Waals surface area contributed by atoms with Gasteiger partial charge >= 0.3 is 0 Å². The number of para-hydroxylation sites is 1. The molecule has 0 spiro atoms. The maximum absolute atomic E-state index is 12.3. The Morgan fingerprint density at radius 1 is 1.32 bits per heavy atom. The van der Waals surface area contributed by atoms with Gasteiger partial charge < -0.3 is 4.90 Å². The number of thioether (sulfide) groups is 1. The van der Waals surface area contributed by atoms with E-state index in [9.17, 15) is 4.79 Å². The van der Waals surface area contributed by atoms with E-state index in [1.807, 2.05) is 30.1 Å². The van der Waals surface area contributed by atoms with Gasteiger partial charge in [0, 0.05) is 18.8 Å². The van der Waals surface area contributed by atoms with Crippen molar-refractivity contribution in [2.75, 3.05) is 12.8 Å². The molecule has 1 aliphatic carbocycles. The van der Waals surface area contributed by atoms with Crippen molar-refractivity contribution in [1.82, 2.24) is 9.88 Å². The second kappa shape index (κ2) is 7.47. The number of carbonyl (C=O) groups excluding carboxylic acids is 1. The molecule has 22 heavy (non-hydrogen) atoms. The number of thiazole rings is 1. The van der Waals surface area contributed by atoms with Crippen LogP contribution in [0.25, 0.3) is 10.2 Å². The van der Waals surface area contributed by atoms with Crippen LogP contribution in [0.5, 0.6) is 0 Å². The van der Waals surface area contributed by atoms with Crippen LogP contribution in [0.15, 0.2) is 24.3 Å². The van der Waals surface area contributed by atoms with E-state index in [2.05, 4.69) is 11.1 Å². The summed E-state index contributed by atoms with van der Waals surface area (Å²) in [4.78, 5) is 18.9. The highest BCUT2D eigenvalue weighted by atomic mass is 32.2. The maximum Gasteiger partial charge on any atom is 0.232 e. The largest absolute Gasteiger partial charge is 0.342 e. The molecule has 1 heterocycles. The SMILES string of the molecule is CN(C(=O)CSCc1nc2ccccc2s1)C1CCCCC1. The average Bonchev–Trinajstić information content (AvgIpc) is 2.97. The lowest BCUT2D eigenvalue weighted by molar-refractivity contribution is -0.129. The standard InChI is InChI=1S/C17H22N2OS2/c1-19(13-7-3-2-4-8-13)17(20)12-21-11-16-18-14-9-5-6-10-15(14)22-16/h5-6,9-10,13H,2-4,7-8,11-12H2,1H3. The van der Waals surface area contributed by atoms with Crippen LogP contribution in [0.2, 0.25) is 0 Å². The van der Waals surface area contributed by atoms with Gasteiger partial charge in [-0.05, 0) is 25.0 Å². The van der Waals surface area contributed by atoms with Gasteiger partial charge in [-0.25, -0.2) is 4.98 Å². The van der Waals surface area contributed by atoms with E-state index in [1.165, 1.54) is 36.8 Å². The third-order valence-electron chi connectivity index (χ3n) is 4.31. The number of hydrogen-bond acceptors (Lipinski definition) is 4. The number of aromatic nitrogens is 1. The fourth-order valence-corrected chi connectivity index (χ4v) is 4.95. The van der Waals surface area contributed by atoms with E-state index in [0.29, 0.717) is 11.8 Å². The quantitative estimate of drug-likeness (QED) is 0.816. The number of benzene rings is 1. The van der Waals surface area contributed by atoms with Gasteiger partial charge in [0.1, 0.15) is 5.01 Å². The Kier molecular flexibility index (Phi) is 5.37. The van der Waals surface area contributed by atoms with Gasteiger partial charge in [0.15, 0.2) is 0 Å².